The first kappa shape index (κ1) is 10.1. The van der Waals surface area contributed by atoms with Crippen molar-refractivity contribution in [2.45, 2.75) is 20.3 Å². The van der Waals surface area contributed by atoms with Crippen molar-refractivity contribution in [2.75, 3.05) is 20.1 Å². The number of hydrogen-bond donors (Lipinski definition) is 0. The van der Waals surface area contributed by atoms with Crippen LogP contribution in [0.25, 0.3) is 0 Å². The molecular formula is C8H16N2O. The van der Waals surface area contributed by atoms with Gasteiger partial charge >= 0.3 is 0 Å². The quantitative estimate of drug-likeness (QED) is 0.440. The molecular weight excluding hydrogens is 140 g/mol. The van der Waals surface area contributed by atoms with Crippen LogP contribution in [0.3, 0.4) is 0 Å². The Kier molecular flexibility index (Phi) is 5.43. The Labute approximate surface area is 68.1 Å². The summed E-state index contributed by atoms with van der Waals surface area (Å²) in [5, 5.41) is 0. The molecule has 0 aromatic heterocycles. The Bertz CT molecular complexity index is 143. The summed E-state index contributed by atoms with van der Waals surface area (Å²) in [4.78, 5) is 16.4. The predicted octanol–water partition coefficient (Wildman–Crippen LogP) is 0.946. The molecule has 0 aromatic rings. The molecule has 0 N–H and O–H groups in total. The number of aliphatic imine (C=N–C) groups is 1. The van der Waals surface area contributed by atoms with E-state index in [2.05, 4.69) is 4.99 Å². The Morgan fingerprint density at radius 1 is 1.64 bits per heavy atom. The highest BCUT2D eigenvalue weighted by Crippen LogP contribution is 1.88. The van der Waals surface area contributed by atoms with E-state index in [0.717, 1.165) is 19.5 Å². The molecule has 0 aliphatic rings. The molecule has 0 spiro atoms. The van der Waals surface area contributed by atoms with E-state index in [1.54, 1.807) is 25.1 Å². The third kappa shape index (κ3) is 5.58. The lowest BCUT2D eigenvalue weighted by Crippen LogP contribution is -2.25. The summed E-state index contributed by atoms with van der Waals surface area (Å²) < 4.78 is 0. The summed E-state index contributed by atoms with van der Waals surface area (Å²) in [6, 6.07) is 0. The van der Waals surface area contributed by atoms with Crippen LogP contribution in [0.2, 0.25) is 0 Å². The maximum atomic E-state index is 10.7. The number of amides is 1. The van der Waals surface area contributed by atoms with Gasteiger partial charge < -0.3 is 4.90 Å². The molecule has 0 saturated heterocycles. The topological polar surface area (TPSA) is 32.7 Å². The van der Waals surface area contributed by atoms with Gasteiger partial charge in [-0.25, -0.2) is 0 Å². The first-order chi connectivity index (χ1) is 5.18. The van der Waals surface area contributed by atoms with Gasteiger partial charge in [0, 0.05) is 27.1 Å². The Morgan fingerprint density at radius 2 is 2.27 bits per heavy atom. The molecule has 3 nitrogen and oxygen atoms in total. The number of rotatable bonds is 4. The van der Waals surface area contributed by atoms with Crippen LogP contribution in [0.15, 0.2) is 4.99 Å². The zero-order valence-electron chi connectivity index (χ0n) is 7.50. The molecule has 0 aliphatic heterocycles. The molecule has 3 heteroatoms. The number of carbonyl (C=O) groups is 1. The normalized spacial score (nSPS) is 10.5. The smallest absolute Gasteiger partial charge is 0.219 e. The first-order valence-electron chi connectivity index (χ1n) is 3.84. The molecule has 64 valence electrons. The molecule has 0 radical (unpaired) electrons. The number of hydrogen-bond acceptors (Lipinski definition) is 2. The van der Waals surface area contributed by atoms with Crippen molar-refractivity contribution in [3.8, 4) is 0 Å². The van der Waals surface area contributed by atoms with Crippen molar-refractivity contribution in [2.24, 2.45) is 4.99 Å². The SMILES string of the molecule is CC=NCCCN(C)C(C)=O. The van der Waals surface area contributed by atoms with Crippen LogP contribution in [-0.2, 0) is 4.79 Å². The van der Waals surface area contributed by atoms with Crippen molar-refractivity contribution in [1.82, 2.24) is 4.90 Å². The minimum Gasteiger partial charge on any atom is -0.346 e. The van der Waals surface area contributed by atoms with Gasteiger partial charge in [-0.2, -0.15) is 0 Å². The highest BCUT2D eigenvalue weighted by molar-refractivity contribution is 5.72. The van der Waals surface area contributed by atoms with E-state index in [1.165, 1.54) is 0 Å². The molecule has 0 unspecified atom stereocenters. The van der Waals surface area contributed by atoms with Gasteiger partial charge in [0.05, 0.1) is 0 Å². The van der Waals surface area contributed by atoms with Gasteiger partial charge in [0.2, 0.25) is 5.91 Å². The molecule has 0 bridgehead atoms. The minimum absolute atomic E-state index is 0.116. The monoisotopic (exact) mass is 156 g/mol. The van der Waals surface area contributed by atoms with Crippen molar-refractivity contribution >= 4 is 12.1 Å². The Balaban J connectivity index is 3.31. The molecule has 0 heterocycles. The fraction of sp³-hybridized carbons (Fsp3) is 0.750. The third-order valence-electron chi connectivity index (χ3n) is 1.50. The second-order valence-electron chi connectivity index (χ2n) is 2.46. The molecule has 1 amide bonds. The van der Waals surface area contributed by atoms with E-state index < -0.39 is 0 Å². The third-order valence-corrected chi connectivity index (χ3v) is 1.50. The maximum Gasteiger partial charge on any atom is 0.219 e. The van der Waals surface area contributed by atoms with Crippen molar-refractivity contribution in [3.05, 3.63) is 0 Å². The van der Waals surface area contributed by atoms with Crippen LogP contribution >= 0.6 is 0 Å². The summed E-state index contributed by atoms with van der Waals surface area (Å²) in [5.74, 6) is 0.116. The average molecular weight is 156 g/mol. The lowest BCUT2D eigenvalue weighted by atomic mass is 10.4. The van der Waals surface area contributed by atoms with Gasteiger partial charge in [-0.3, -0.25) is 9.79 Å². The van der Waals surface area contributed by atoms with Crippen LogP contribution in [0, 0.1) is 0 Å². The molecule has 0 aliphatic carbocycles. The molecule has 0 fully saturated rings. The molecule has 0 aromatic carbocycles. The van der Waals surface area contributed by atoms with Crippen LogP contribution < -0.4 is 0 Å². The second kappa shape index (κ2) is 5.89. The van der Waals surface area contributed by atoms with E-state index in [1.807, 2.05) is 6.92 Å². The van der Waals surface area contributed by atoms with Gasteiger partial charge in [-0.1, -0.05) is 0 Å². The first-order valence-corrected chi connectivity index (χ1v) is 3.84. The maximum absolute atomic E-state index is 10.7. The lowest BCUT2D eigenvalue weighted by Gasteiger charge is -2.12. The molecule has 11 heavy (non-hydrogen) atoms. The summed E-state index contributed by atoms with van der Waals surface area (Å²) in [5.41, 5.74) is 0. The summed E-state index contributed by atoms with van der Waals surface area (Å²) >= 11 is 0. The fourth-order valence-corrected chi connectivity index (χ4v) is 0.686. The van der Waals surface area contributed by atoms with E-state index in [4.69, 9.17) is 0 Å². The zero-order valence-corrected chi connectivity index (χ0v) is 7.50. The summed E-state index contributed by atoms with van der Waals surface area (Å²) in [7, 11) is 1.80. The highest BCUT2D eigenvalue weighted by Gasteiger charge is 1.98. The van der Waals surface area contributed by atoms with Crippen LogP contribution in [0.5, 0.6) is 0 Å². The van der Waals surface area contributed by atoms with Gasteiger partial charge in [-0.05, 0) is 19.6 Å². The van der Waals surface area contributed by atoms with E-state index >= 15 is 0 Å². The second-order valence-corrected chi connectivity index (χ2v) is 2.46. The highest BCUT2D eigenvalue weighted by atomic mass is 16.2. The summed E-state index contributed by atoms with van der Waals surface area (Å²) in [6.45, 7) is 5.08. The Hall–Kier alpha value is -0.860. The molecule has 0 rings (SSSR count). The fourth-order valence-electron chi connectivity index (χ4n) is 0.686. The van der Waals surface area contributed by atoms with Crippen molar-refractivity contribution < 1.29 is 4.79 Å². The number of nitrogens with zero attached hydrogens (tertiary/aromatic N) is 2. The largest absolute Gasteiger partial charge is 0.346 e. The number of carbonyl (C=O) groups excluding carboxylic acids is 1. The van der Waals surface area contributed by atoms with Crippen molar-refractivity contribution in [3.63, 3.8) is 0 Å². The van der Waals surface area contributed by atoms with Gasteiger partial charge in [0.15, 0.2) is 0 Å². The van der Waals surface area contributed by atoms with Gasteiger partial charge in [0.1, 0.15) is 0 Å². The predicted molar refractivity (Wildman–Crippen MR) is 47.0 cm³/mol. The van der Waals surface area contributed by atoms with Crippen LogP contribution in [0.1, 0.15) is 20.3 Å². The van der Waals surface area contributed by atoms with Gasteiger partial charge in [0.25, 0.3) is 0 Å². The van der Waals surface area contributed by atoms with Crippen LogP contribution in [0.4, 0.5) is 0 Å². The van der Waals surface area contributed by atoms with E-state index in [-0.39, 0.29) is 5.91 Å². The zero-order chi connectivity index (χ0) is 8.69. The lowest BCUT2D eigenvalue weighted by molar-refractivity contribution is -0.127. The molecule has 0 atom stereocenters. The average Bonchev–Trinajstić information content (AvgIpc) is 1.97. The standard InChI is InChI=1S/C8H16N2O/c1-4-9-6-5-7-10(3)8(2)11/h4H,5-7H2,1-3H3. The van der Waals surface area contributed by atoms with Crippen LogP contribution in [-0.4, -0.2) is 37.2 Å². The minimum atomic E-state index is 0.116. The van der Waals surface area contributed by atoms with E-state index in [0.29, 0.717) is 0 Å². The van der Waals surface area contributed by atoms with E-state index in [9.17, 15) is 4.79 Å². The molecule has 0 saturated carbocycles. The Morgan fingerprint density at radius 3 is 2.73 bits per heavy atom. The van der Waals surface area contributed by atoms with Gasteiger partial charge in [-0.15, -0.1) is 0 Å². The van der Waals surface area contributed by atoms with Crippen molar-refractivity contribution in [1.29, 1.82) is 0 Å². The summed E-state index contributed by atoms with van der Waals surface area (Å²) in [6.07, 6.45) is 2.73.